The Balaban J connectivity index is 2.31. The van der Waals surface area contributed by atoms with Crippen LogP contribution in [0.15, 0.2) is 49.1 Å². The Morgan fingerprint density at radius 3 is 2.56 bits per heavy atom. The summed E-state index contributed by atoms with van der Waals surface area (Å²) in [5.74, 6) is 0.896. The van der Waals surface area contributed by atoms with Crippen molar-refractivity contribution in [2.24, 2.45) is 0 Å². The summed E-state index contributed by atoms with van der Waals surface area (Å²) in [6.07, 6.45) is 2.44. The van der Waals surface area contributed by atoms with Crippen LogP contribution in [0.1, 0.15) is 22.7 Å². The third-order valence-electron chi connectivity index (χ3n) is 4.14. The Kier molecular flexibility index (Phi) is 7.70. The fraction of sp³-hybridized carbons (Fsp3) is 0.286. The van der Waals surface area contributed by atoms with Gasteiger partial charge in [-0.25, -0.2) is 4.79 Å². The number of carbonyl (C=O) groups is 1. The molecule has 1 N–H and O–H groups in total. The molecule has 0 amide bonds. The van der Waals surface area contributed by atoms with E-state index in [9.17, 15) is 4.79 Å². The third-order valence-corrected chi connectivity index (χ3v) is 4.49. The Bertz CT molecular complexity index is 807. The average molecular weight is 390 g/mol. The first-order valence-corrected chi connectivity index (χ1v) is 8.83. The van der Waals surface area contributed by atoms with E-state index in [0.717, 1.165) is 11.1 Å². The lowest BCUT2D eigenvalue weighted by molar-refractivity contribution is -0.143. The summed E-state index contributed by atoms with van der Waals surface area (Å²) >= 11 is 6.26. The summed E-state index contributed by atoms with van der Waals surface area (Å²) in [6.45, 7) is 4.20. The van der Waals surface area contributed by atoms with Crippen LogP contribution in [0.3, 0.4) is 0 Å². The van der Waals surface area contributed by atoms with Gasteiger partial charge in [-0.2, -0.15) is 0 Å². The molecule has 0 aliphatic rings. The molecule has 2 aromatic rings. The van der Waals surface area contributed by atoms with Crippen LogP contribution in [0.5, 0.6) is 11.5 Å². The first kappa shape index (κ1) is 20.8. The molecule has 0 aromatic heterocycles. The van der Waals surface area contributed by atoms with Crippen molar-refractivity contribution < 1.29 is 19.0 Å². The number of esters is 1. The largest absolute Gasteiger partial charge is 0.493 e. The fourth-order valence-corrected chi connectivity index (χ4v) is 3.13. The Hall–Kier alpha value is -2.50. The molecule has 1 atom stereocenters. The molecule has 5 nitrogen and oxygen atoms in total. The van der Waals surface area contributed by atoms with Gasteiger partial charge >= 0.3 is 5.97 Å². The van der Waals surface area contributed by atoms with E-state index in [4.69, 9.17) is 25.8 Å². The molecular weight excluding hydrogens is 366 g/mol. The molecule has 27 heavy (non-hydrogen) atoms. The molecule has 0 fully saturated rings. The molecule has 0 heterocycles. The maximum atomic E-state index is 12.3. The molecule has 0 bridgehead atoms. The van der Waals surface area contributed by atoms with Gasteiger partial charge in [0.15, 0.2) is 11.5 Å². The van der Waals surface area contributed by atoms with E-state index in [0.29, 0.717) is 35.1 Å². The molecule has 144 valence electrons. The number of hydrogen-bond donors (Lipinski definition) is 1. The van der Waals surface area contributed by atoms with Crippen molar-refractivity contribution in [2.45, 2.75) is 19.0 Å². The molecule has 0 aliphatic heterocycles. The van der Waals surface area contributed by atoms with Gasteiger partial charge in [-0.1, -0.05) is 41.9 Å². The summed E-state index contributed by atoms with van der Waals surface area (Å²) in [6, 6.07) is 10.4. The summed E-state index contributed by atoms with van der Waals surface area (Å²) in [4.78, 5) is 12.3. The zero-order valence-corrected chi connectivity index (χ0v) is 16.5. The summed E-state index contributed by atoms with van der Waals surface area (Å²) in [5.41, 5.74) is 2.55. The second kappa shape index (κ2) is 10.00. The number of benzene rings is 2. The lowest BCUT2D eigenvalue weighted by Gasteiger charge is -2.19. The SMILES string of the molecule is C=CCc1cc(CNC(C(=O)OC)c2ccccc2Cl)cc(OC)c1OC. The highest BCUT2D eigenvalue weighted by Crippen LogP contribution is 2.33. The van der Waals surface area contributed by atoms with E-state index < -0.39 is 12.0 Å². The number of hydrogen-bond acceptors (Lipinski definition) is 5. The van der Waals surface area contributed by atoms with Crippen LogP contribution in [-0.4, -0.2) is 27.3 Å². The smallest absolute Gasteiger partial charge is 0.327 e. The van der Waals surface area contributed by atoms with Crippen LogP contribution in [0.2, 0.25) is 5.02 Å². The Morgan fingerprint density at radius 2 is 1.96 bits per heavy atom. The summed E-state index contributed by atoms with van der Waals surface area (Å²) in [7, 11) is 4.55. The minimum Gasteiger partial charge on any atom is -0.493 e. The molecule has 0 saturated carbocycles. The molecule has 0 aliphatic carbocycles. The predicted molar refractivity (Wildman–Crippen MR) is 106 cm³/mol. The zero-order chi connectivity index (χ0) is 19.8. The van der Waals surface area contributed by atoms with Crippen molar-refractivity contribution >= 4 is 17.6 Å². The Labute approximate surface area is 164 Å². The third kappa shape index (κ3) is 5.02. The standard InChI is InChI=1S/C21H24ClNO4/c1-5-8-15-11-14(12-18(25-2)20(15)26-3)13-23-19(21(24)27-4)16-9-6-7-10-17(16)22/h5-7,9-12,19,23H,1,8,13H2,2-4H3. The van der Waals surface area contributed by atoms with Gasteiger partial charge in [0, 0.05) is 17.1 Å². The van der Waals surface area contributed by atoms with E-state index in [2.05, 4.69) is 11.9 Å². The van der Waals surface area contributed by atoms with Crippen molar-refractivity contribution in [1.82, 2.24) is 5.32 Å². The lowest BCUT2D eigenvalue weighted by Crippen LogP contribution is -2.29. The molecule has 0 saturated heterocycles. The Morgan fingerprint density at radius 1 is 1.22 bits per heavy atom. The second-order valence-electron chi connectivity index (χ2n) is 5.84. The van der Waals surface area contributed by atoms with Crippen LogP contribution < -0.4 is 14.8 Å². The van der Waals surface area contributed by atoms with Gasteiger partial charge < -0.3 is 14.2 Å². The molecular formula is C21H24ClNO4. The van der Waals surface area contributed by atoms with Crippen molar-refractivity contribution in [3.63, 3.8) is 0 Å². The maximum Gasteiger partial charge on any atom is 0.327 e. The van der Waals surface area contributed by atoms with E-state index >= 15 is 0 Å². The molecule has 2 rings (SSSR count). The van der Waals surface area contributed by atoms with Crippen LogP contribution in [0.25, 0.3) is 0 Å². The average Bonchev–Trinajstić information content (AvgIpc) is 2.68. The number of ether oxygens (including phenoxy) is 3. The van der Waals surface area contributed by atoms with Crippen LogP contribution in [0, 0.1) is 0 Å². The van der Waals surface area contributed by atoms with Crippen LogP contribution in [-0.2, 0) is 22.5 Å². The quantitative estimate of drug-likeness (QED) is 0.517. The van der Waals surface area contributed by atoms with Gasteiger partial charge in [0.05, 0.1) is 21.3 Å². The van der Waals surface area contributed by atoms with Gasteiger partial charge in [-0.3, -0.25) is 5.32 Å². The number of methoxy groups -OCH3 is 3. The van der Waals surface area contributed by atoms with Crippen molar-refractivity contribution in [1.29, 1.82) is 0 Å². The van der Waals surface area contributed by atoms with Crippen molar-refractivity contribution in [3.05, 3.63) is 70.8 Å². The second-order valence-corrected chi connectivity index (χ2v) is 6.25. The monoisotopic (exact) mass is 389 g/mol. The van der Waals surface area contributed by atoms with Crippen LogP contribution in [0.4, 0.5) is 0 Å². The van der Waals surface area contributed by atoms with Crippen molar-refractivity contribution in [3.8, 4) is 11.5 Å². The molecule has 6 heteroatoms. The highest BCUT2D eigenvalue weighted by molar-refractivity contribution is 6.31. The molecule has 2 aromatic carbocycles. The minimum atomic E-state index is -0.681. The fourth-order valence-electron chi connectivity index (χ4n) is 2.88. The number of allylic oxidation sites excluding steroid dienone is 1. The predicted octanol–water partition coefficient (Wildman–Crippen LogP) is 4.09. The maximum absolute atomic E-state index is 12.3. The normalized spacial score (nSPS) is 11.6. The molecule has 0 radical (unpaired) electrons. The number of carbonyl (C=O) groups excluding carboxylic acids is 1. The topological polar surface area (TPSA) is 56.8 Å². The van der Waals surface area contributed by atoms with Gasteiger partial charge in [-0.15, -0.1) is 6.58 Å². The van der Waals surface area contributed by atoms with Gasteiger partial charge in [0.2, 0.25) is 0 Å². The van der Waals surface area contributed by atoms with E-state index in [-0.39, 0.29) is 0 Å². The summed E-state index contributed by atoms with van der Waals surface area (Å²) < 4.78 is 15.8. The van der Waals surface area contributed by atoms with Crippen LogP contribution >= 0.6 is 11.6 Å². The first-order valence-electron chi connectivity index (χ1n) is 8.46. The number of rotatable bonds is 9. The number of nitrogens with one attached hydrogen (secondary N) is 1. The van der Waals surface area contributed by atoms with E-state index in [1.54, 1.807) is 32.4 Å². The first-order chi connectivity index (χ1) is 13.0. The number of halogens is 1. The van der Waals surface area contributed by atoms with Gasteiger partial charge in [-0.05, 0) is 29.7 Å². The highest BCUT2D eigenvalue weighted by atomic mass is 35.5. The van der Waals surface area contributed by atoms with Gasteiger partial charge in [0.25, 0.3) is 0 Å². The van der Waals surface area contributed by atoms with Gasteiger partial charge in [0.1, 0.15) is 6.04 Å². The van der Waals surface area contributed by atoms with E-state index in [1.165, 1.54) is 7.11 Å². The minimum absolute atomic E-state index is 0.408. The zero-order valence-electron chi connectivity index (χ0n) is 15.8. The highest BCUT2D eigenvalue weighted by Gasteiger charge is 2.23. The van der Waals surface area contributed by atoms with Crippen molar-refractivity contribution in [2.75, 3.05) is 21.3 Å². The molecule has 0 spiro atoms. The lowest BCUT2D eigenvalue weighted by atomic mass is 10.0. The molecule has 1 unspecified atom stereocenters. The van der Waals surface area contributed by atoms with E-state index in [1.807, 2.05) is 24.3 Å². The summed E-state index contributed by atoms with van der Waals surface area (Å²) in [5, 5.41) is 3.72.